The number of aliphatic hydroxyl groups excluding tert-OH is 1. The summed E-state index contributed by atoms with van der Waals surface area (Å²) >= 11 is 6.36. The Labute approximate surface area is 297 Å². The Morgan fingerprint density at radius 1 is 1.02 bits per heavy atom. The molecule has 4 aliphatic rings. The molecule has 268 valence electrons. The summed E-state index contributed by atoms with van der Waals surface area (Å²) in [7, 11) is -4.11. The fourth-order valence-electron chi connectivity index (χ4n) is 7.58. The number of hydrogen-bond acceptors (Lipinski definition) is 8. The van der Waals surface area contributed by atoms with Crippen molar-refractivity contribution in [3.63, 3.8) is 0 Å². The molecule has 1 aliphatic carbocycles. The van der Waals surface area contributed by atoms with Gasteiger partial charge in [0.1, 0.15) is 12.4 Å². The van der Waals surface area contributed by atoms with E-state index >= 15 is 0 Å². The summed E-state index contributed by atoms with van der Waals surface area (Å²) in [6.07, 6.45) is 11.2. The summed E-state index contributed by atoms with van der Waals surface area (Å²) in [5.41, 5.74) is 2.97. The molecule has 2 bridgehead atoms. The van der Waals surface area contributed by atoms with Crippen LogP contribution in [-0.4, -0.2) is 75.9 Å². The van der Waals surface area contributed by atoms with Crippen LogP contribution in [0.3, 0.4) is 0 Å². The Balaban J connectivity index is 1.30. The fraction of sp³-hybridized carbons (Fsp3) is 0.605. The second kappa shape index (κ2) is 16.1. The molecule has 2 aromatic rings. The molecule has 0 radical (unpaired) electrons. The largest absolute Gasteiger partial charge is 0.487 e. The Hall–Kier alpha value is -2.63. The summed E-state index contributed by atoms with van der Waals surface area (Å²) in [6.45, 7) is 8.84. The van der Waals surface area contributed by atoms with Gasteiger partial charge in [0.15, 0.2) is 0 Å². The van der Waals surface area contributed by atoms with E-state index in [0.717, 1.165) is 88.9 Å². The molecule has 11 heteroatoms. The van der Waals surface area contributed by atoms with Gasteiger partial charge in [-0.3, -0.25) is 4.79 Å². The monoisotopic (exact) mass is 713 g/mol. The van der Waals surface area contributed by atoms with Gasteiger partial charge in [-0.05, 0) is 111 Å². The zero-order valence-electron chi connectivity index (χ0n) is 28.9. The predicted molar refractivity (Wildman–Crippen MR) is 192 cm³/mol. The summed E-state index contributed by atoms with van der Waals surface area (Å²) in [4.78, 5) is 18.0. The number of piperidine rings is 1. The first-order valence-electron chi connectivity index (χ1n) is 18.1. The van der Waals surface area contributed by atoms with Gasteiger partial charge in [0.05, 0.1) is 29.4 Å². The van der Waals surface area contributed by atoms with Crippen LogP contribution in [0.2, 0.25) is 5.02 Å². The van der Waals surface area contributed by atoms with Gasteiger partial charge >= 0.3 is 0 Å². The van der Waals surface area contributed by atoms with Gasteiger partial charge in [-0.25, -0.2) is 13.1 Å². The maximum Gasteiger partial charge on any atom is 0.264 e. The number of fused-ring (bicyclic) bond motifs is 3. The van der Waals surface area contributed by atoms with E-state index in [9.17, 15) is 18.3 Å². The third-order valence-electron chi connectivity index (χ3n) is 11.2. The van der Waals surface area contributed by atoms with Crippen molar-refractivity contribution in [3.8, 4) is 5.75 Å². The van der Waals surface area contributed by atoms with Crippen LogP contribution in [0.15, 0.2) is 53.4 Å². The van der Waals surface area contributed by atoms with E-state index in [2.05, 4.69) is 26.7 Å². The summed E-state index contributed by atoms with van der Waals surface area (Å²) < 4.78 is 42.7. The van der Waals surface area contributed by atoms with E-state index in [1.54, 1.807) is 19.1 Å². The third-order valence-corrected chi connectivity index (χ3v) is 12.8. The second-order valence-electron chi connectivity index (χ2n) is 14.5. The molecule has 1 saturated heterocycles. The highest BCUT2D eigenvalue weighted by molar-refractivity contribution is 7.90. The second-order valence-corrected chi connectivity index (χ2v) is 16.7. The standard InChI is InChI=1S/C38H52ClN3O6S/c1-26-6-5-8-36(47-21-20-41-18-15-32(43)16-19-41)34-13-10-29(34)24-42-17-4-3-7-28-22-31(39)11-9-30(28)25-48-37-14-12-33(23-35(37)42)49(45,46)40-38(44)27(26)2/h5,8-9,11-12,14,22-23,26-27,29,32,34,36,43H,3-4,6-7,10,13,15-21,24-25H2,1-2H3,(H,40,44)/b8-5+/t26-,27+,29-,34+,36-/m0/s1. The van der Waals surface area contributed by atoms with Crippen LogP contribution in [0.5, 0.6) is 5.75 Å². The number of hydrogen-bond donors (Lipinski definition) is 2. The molecule has 1 amide bonds. The van der Waals surface area contributed by atoms with Crippen molar-refractivity contribution >= 4 is 33.2 Å². The minimum absolute atomic E-state index is 0.0519. The Bertz CT molecular complexity index is 1590. The van der Waals surface area contributed by atoms with Crippen LogP contribution >= 0.6 is 11.6 Å². The molecular formula is C38H52ClN3O6S. The molecule has 0 aromatic heterocycles. The van der Waals surface area contributed by atoms with E-state index < -0.39 is 21.8 Å². The topological polar surface area (TPSA) is 108 Å². The number of sulfonamides is 1. The van der Waals surface area contributed by atoms with E-state index in [4.69, 9.17) is 21.1 Å². The molecule has 3 aliphatic heterocycles. The first kappa shape index (κ1) is 36.2. The minimum Gasteiger partial charge on any atom is -0.487 e. The molecule has 0 spiro atoms. The quantitative estimate of drug-likeness (QED) is 0.374. The fourth-order valence-corrected chi connectivity index (χ4v) is 8.86. The van der Waals surface area contributed by atoms with Gasteiger partial charge in [-0.15, -0.1) is 0 Å². The summed E-state index contributed by atoms with van der Waals surface area (Å²) in [5, 5.41) is 10.6. The number of aliphatic hydroxyl groups is 1. The number of likely N-dealkylation sites (tertiary alicyclic amines) is 1. The Kier molecular flexibility index (Phi) is 11.9. The normalized spacial score (nSPS) is 29.3. The van der Waals surface area contributed by atoms with Crippen molar-refractivity contribution in [1.82, 2.24) is 9.62 Å². The summed E-state index contributed by atoms with van der Waals surface area (Å²) in [5.74, 6) is 0.220. The number of carbonyl (C=O) groups is 1. The number of aryl methyl sites for hydroxylation is 1. The van der Waals surface area contributed by atoms with Crippen LogP contribution in [-0.2, 0) is 32.6 Å². The number of nitrogens with zero attached hydrogens (tertiary/aromatic N) is 2. The number of ether oxygens (including phenoxy) is 2. The highest BCUT2D eigenvalue weighted by atomic mass is 35.5. The minimum atomic E-state index is -4.11. The predicted octanol–water partition coefficient (Wildman–Crippen LogP) is 5.97. The van der Waals surface area contributed by atoms with Crippen molar-refractivity contribution in [2.45, 2.75) is 88.9 Å². The molecule has 49 heavy (non-hydrogen) atoms. The number of benzene rings is 2. The Morgan fingerprint density at radius 3 is 2.61 bits per heavy atom. The number of amides is 1. The van der Waals surface area contributed by atoms with E-state index in [1.165, 1.54) is 11.6 Å². The van der Waals surface area contributed by atoms with Crippen molar-refractivity contribution in [2.75, 3.05) is 44.2 Å². The van der Waals surface area contributed by atoms with Gasteiger partial charge in [0, 0.05) is 43.7 Å². The molecule has 2 aromatic carbocycles. The number of anilines is 1. The molecule has 9 nitrogen and oxygen atoms in total. The molecule has 5 atom stereocenters. The smallest absolute Gasteiger partial charge is 0.264 e. The zero-order chi connectivity index (χ0) is 34.5. The van der Waals surface area contributed by atoms with Gasteiger partial charge in [0.25, 0.3) is 10.0 Å². The van der Waals surface area contributed by atoms with Crippen LogP contribution < -0.4 is 14.4 Å². The lowest BCUT2D eigenvalue weighted by atomic mass is 9.70. The van der Waals surface area contributed by atoms with Crippen LogP contribution in [0.4, 0.5) is 5.69 Å². The first-order chi connectivity index (χ1) is 23.6. The zero-order valence-corrected chi connectivity index (χ0v) is 30.4. The van der Waals surface area contributed by atoms with Gasteiger partial charge in [-0.2, -0.15) is 0 Å². The highest BCUT2D eigenvalue weighted by Gasteiger charge is 2.38. The molecule has 2 N–H and O–H groups in total. The maximum absolute atomic E-state index is 13.6. The van der Waals surface area contributed by atoms with Crippen molar-refractivity contribution in [3.05, 3.63) is 64.7 Å². The van der Waals surface area contributed by atoms with E-state index in [1.807, 2.05) is 25.1 Å². The number of allylic oxidation sites excluding steroid dienone is 1. The SMILES string of the molecule is C[C@H]1C/C=C/[C@H](OCCN2CCC(O)CC2)[C@@H]2CC[C@H]2CN2CCCCc3cc(Cl)ccc3COc3ccc(cc32)S(=O)(=O)NC(=O)[C@@H]1C. The van der Waals surface area contributed by atoms with Crippen LogP contribution in [0, 0.1) is 23.7 Å². The first-order valence-corrected chi connectivity index (χ1v) is 20.0. The average molecular weight is 714 g/mol. The highest BCUT2D eigenvalue weighted by Crippen LogP contribution is 2.42. The lowest BCUT2D eigenvalue weighted by Crippen LogP contribution is -2.45. The number of halogens is 1. The lowest BCUT2D eigenvalue weighted by molar-refractivity contribution is -0.124. The Morgan fingerprint density at radius 2 is 1.84 bits per heavy atom. The third kappa shape index (κ3) is 9.00. The molecule has 6 rings (SSSR count). The van der Waals surface area contributed by atoms with Crippen LogP contribution in [0.1, 0.15) is 69.9 Å². The number of rotatable bonds is 4. The molecule has 2 fully saturated rings. The maximum atomic E-state index is 13.6. The van der Waals surface area contributed by atoms with Crippen molar-refractivity contribution in [2.24, 2.45) is 23.7 Å². The molecular weight excluding hydrogens is 662 g/mol. The molecule has 0 unspecified atom stereocenters. The molecule has 1 saturated carbocycles. The van der Waals surface area contributed by atoms with E-state index in [-0.39, 0.29) is 23.0 Å². The van der Waals surface area contributed by atoms with Gasteiger partial charge in [0.2, 0.25) is 5.91 Å². The number of nitrogens with one attached hydrogen (secondary N) is 1. The van der Waals surface area contributed by atoms with Crippen LogP contribution in [0.25, 0.3) is 0 Å². The van der Waals surface area contributed by atoms with E-state index in [0.29, 0.717) is 42.2 Å². The lowest BCUT2D eigenvalue weighted by Gasteiger charge is -2.44. The molecule has 3 heterocycles. The van der Waals surface area contributed by atoms with Crippen molar-refractivity contribution < 1.29 is 27.8 Å². The summed E-state index contributed by atoms with van der Waals surface area (Å²) in [6, 6.07) is 10.9. The van der Waals surface area contributed by atoms with Crippen molar-refractivity contribution in [1.29, 1.82) is 0 Å². The van der Waals surface area contributed by atoms with Gasteiger partial charge in [-0.1, -0.05) is 43.7 Å². The number of carbonyl (C=O) groups excluding carboxylic acids is 1. The average Bonchev–Trinajstić information content (AvgIpc) is 3.09. The van der Waals surface area contributed by atoms with Gasteiger partial charge < -0.3 is 24.4 Å².